The van der Waals surface area contributed by atoms with Crippen LogP contribution in [0.1, 0.15) is 116 Å². The lowest BCUT2D eigenvalue weighted by Gasteiger charge is -2.05. The lowest BCUT2D eigenvalue weighted by atomic mass is 10.1. The molecule has 5 nitrogen and oxygen atoms in total. The van der Waals surface area contributed by atoms with Crippen molar-refractivity contribution < 1.29 is 19.8 Å². The van der Waals surface area contributed by atoms with Gasteiger partial charge < -0.3 is 15.5 Å². The molecule has 0 amide bonds. The number of unbranched alkanes of at least 4 members (excludes halogenated alkanes) is 14. The van der Waals surface area contributed by atoms with Crippen LogP contribution in [0.15, 0.2) is 0 Å². The van der Waals surface area contributed by atoms with E-state index in [4.69, 9.17) is 10.2 Å². The van der Waals surface area contributed by atoms with Crippen molar-refractivity contribution in [3.63, 3.8) is 0 Å². The predicted octanol–water partition coefficient (Wildman–Crippen LogP) is 5.77. The van der Waals surface area contributed by atoms with Gasteiger partial charge in [-0.3, -0.25) is 9.59 Å². The highest BCUT2D eigenvalue weighted by Crippen LogP contribution is 2.10. The van der Waals surface area contributed by atoms with Crippen LogP contribution in [0.2, 0.25) is 0 Å². The maximum atomic E-state index is 10.4. The molecular weight excluding hydrogens is 342 g/mol. The molecule has 0 saturated carbocycles. The summed E-state index contributed by atoms with van der Waals surface area (Å²) in [4.78, 5) is 20.8. The van der Waals surface area contributed by atoms with Crippen LogP contribution in [0.5, 0.6) is 0 Å². The Morgan fingerprint density at radius 3 is 1.00 bits per heavy atom. The zero-order valence-electron chi connectivity index (χ0n) is 17.4. The topological polar surface area (TPSA) is 86.6 Å². The summed E-state index contributed by atoms with van der Waals surface area (Å²) < 4.78 is 0. The second-order valence-electron chi connectivity index (χ2n) is 7.69. The minimum absolute atomic E-state index is 0.320. The fourth-order valence-electron chi connectivity index (χ4n) is 3.30. The first-order valence-corrected chi connectivity index (χ1v) is 11.3. The monoisotopic (exact) mass is 385 g/mol. The molecule has 0 radical (unpaired) electrons. The average Bonchev–Trinajstić information content (AvgIpc) is 2.62. The van der Waals surface area contributed by atoms with Crippen molar-refractivity contribution in [2.45, 2.75) is 116 Å². The average molecular weight is 386 g/mol. The maximum Gasteiger partial charge on any atom is 0.303 e. The van der Waals surface area contributed by atoms with Crippen molar-refractivity contribution in [3.05, 3.63) is 0 Å². The first-order valence-electron chi connectivity index (χ1n) is 11.3. The molecule has 3 N–H and O–H groups in total. The molecule has 0 rings (SSSR count). The van der Waals surface area contributed by atoms with E-state index in [-0.39, 0.29) is 0 Å². The number of aliphatic carboxylic acids is 2. The molecule has 5 heteroatoms. The number of carbonyl (C=O) groups is 2. The van der Waals surface area contributed by atoms with Gasteiger partial charge in [-0.15, -0.1) is 0 Å². The van der Waals surface area contributed by atoms with E-state index >= 15 is 0 Å². The molecule has 0 heterocycles. The summed E-state index contributed by atoms with van der Waals surface area (Å²) in [5, 5.41) is 20.6. The van der Waals surface area contributed by atoms with Crippen molar-refractivity contribution >= 4 is 11.9 Å². The fourth-order valence-corrected chi connectivity index (χ4v) is 3.30. The molecule has 0 aromatic carbocycles. The number of rotatable bonds is 22. The second-order valence-corrected chi connectivity index (χ2v) is 7.69. The first-order chi connectivity index (χ1) is 13.1. The largest absolute Gasteiger partial charge is 0.481 e. The van der Waals surface area contributed by atoms with E-state index in [1.54, 1.807) is 0 Å². The van der Waals surface area contributed by atoms with Crippen LogP contribution in [-0.4, -0.2) is 35.2 Å². The molecule has 0 fully saturated rings. The Bertz CT molecular complexity index is 315. The summed E-state index contributed by atoms with van der Waals surface area (Å²) in [5.74, 6) is -1.35. The zero-order chi connectivity index (χ0) is 20.0. The van der Waals surface area contributed by atoms with Crippen LogP contribution in [0.4, 0.5) is 0 Å². The van der Waals surface area contributed by atoms with Crippen molar-refractivity contribution in [1.29, 1.82) is 0 Å². The van der Waals surface area contributed by atoms with Gasteiger partial charge in [0.1, 0.15) is 0 Å². The maximum absolute atomic E-state index is 10.4. The number of nitrogens with one attached hydrogen (secondary N) is 1. The summed E-state index contributed by atoms with van der Waals surface area (Å²) in [5.41, 5.74) is 0. The third-order valence-electron chi connectivity index (χ3n) is 4.99. The van der Waals surface area contributed by atoms with E-state index in [9.17, 15) is 9.59 Å². The van der Waals surface area contributed by atoms with Crippen molar-refractivity contribution in [2.75, 3.05) is 13.1 Å². The molecule has 0 unspecified atom stereocenters. The highest BCUT2D eigenvalue weighted by atomic mass is 16.4. The Kier molecular flexibility index (Phi) is 20.3. The molecule has 160 valence electrons. The second kappa shape index (κ2) is 21.2. The normalized spacial score (nSPS) is 11.0. The zero-order valence-corrected chi connectivity index (χ0v) is 17.4. The SMILES string of the molecule is O=C(O)CCCCCCCCCCNCCCCCCCCCCC(=O)O. The number of hydrogen-bond donors (Lipinski definition) is 3. The highest BCUT2D eigenvalue weighted by molar-refractivity contribution is 5.66. The standard InChI is InChI=1S/C22H43NO4/c24-21(25)17-13-9-5-1-3-7-11-15-19-23-20-16-12-8-4-2-6-10-14-18-22(26)27/h23H,1-20H2,(H,24,25)(H,26,27). The molecule has 0 aliphatic rings. The van der Waals surface area contributed by atoms with Gasteiger partial charge in [0.2, 0.25) is 0 Å². The molecule has 27 heavy (non-hydrogen) atoms. The van der Waals surface area contributed by atoms with E-state index in [2.05, 4.69) is 5.32 Å². The Labute approximate surface area is 166 Å². The Hall–Kier alpha value is -1.10. The van der Waals surface area contributed by atoms with Crippen LogP contribution in [0, 0.1) is 0 Å². The minimum atomic E-state index is -0.674. The predicted molar refractivity (Wildman–Crippen MR) is 111 cm³/mol. The number of carboxylic acids is 2. The van der Waals surface area contributed by atoms with Gasteiger partial charge in [0, 0.05) is 12.8 Å². The molecule has 0 aromatic heterocycles. The van der Waals surface area contributed by atoms with Crippen molar-refractivity contribution in [1.82, 2.24) is 5.32 Å². The lowest BCUT2D eigenvalue weighted by Crippen LogP contribution is -2.16. The Morgan fingerprint density at radius 1 is 0.444 bits per heavy atom. The molecular formula is C22H43NO4. The Balaban J connectivity index is 3.01. The van der Waals surface area contributed by atoms with E-state index in [1.807, 2.05) is 0 Å². The van der Waals surface area contributed by atoms with Gasteiger partial charge in [-0.2, -0.15) is 0 Å². The van der Waals surface area contributed by atoms with Gasteiger partial charge in [-0.1, -0.05) is 77.0 Å². The molecule has 0 aromatic rings. The van der Waals surface area contributed by atoms with Gasteiger partial charge in [-0.25, -0.2) is 0 Å². The van der Waals surface area contributed by atoms with Gasteiger partial charge in [0.25, 0.3) is 0 Å². The smallest absolute Gasteiger partial charge is 0.303 e. The van der Waals surface area contributed by atoms with Gasteiger partial charge in [0.15, 0.2) is 0 Å². The summed E-state index contributed by atoms with van der Waals surface area (Å²) in [6.07, 6.45) is 19.5. The third kappa shape index (κ3) is 24.9. The summed E-state index contributed by atoms with van der Waals surface area (Å²) >= 11 is 0. The van der Waals surface area contributed by atoms with E-state index in [0.717, 1.165) is 38.8 Å². The first kappa shape index (κ1) is 25.9. The molecule has 0 spiro atoms. The quantitative estimate of drug-likeness (QED) is 0.206. The van der Waals surface area contributed by atoms with Crippen LogP contribution >= 0.6 is 0 Å². The molecule has 0 saturated heterocycles. The van der Waals surface area contributed by atoms with E-state index < -0.39 is 11.9 Å². The van der Waals surface area contributed by atoms with Crippen LogP contribution in [-0.2, 0) is 9.59 Å². The number of carboxylic acid groups (broad SMARTS) is 2. The van der Waals surface area contributed by atoms with E-state index in [0.29, 0.717) is 12.8 Å². The highest BCUT2D eigenvalue weighted by Gasteiger charge is 1.98. The van der Waals surface area contributed by atoms with Crippen molar-refractivity contribution in [2.24, 2.45) is 0 Å². The molecule has 0 atom stereocenters. The lowest BCUT2D eigenvalue weighted by molar-refractivity contribution is -0.138. The third-order valence-corrected chi connectivity index (χ3v) is 4.99. The van der Waals surface area contributed by atoms with Gasteiger partial charge >= 0.3 is 11.9 Å². The van der Waals surface area contributed by atoms with Crippen LogP contribution in [0.3, 0.4) is 0 Å². The summed E-state index contributed by atoms with van der Waals surface area (Å²) in [6.45, 7) is 2.25. The Morgan fingerprint density at radius 2 is 0.704 bits per heavy atom. The van der Waals surface area contributed by atoms with Gasteiger partial charge in [-0.05, 0) is 38.8 Å². The molecule has 0 aliphatic heterocycles. The summed E-state index contributed by atoms with van der Waals surface area (Å²) in [7, 11) is 0. The van der Waals surface area contributed by atoms with Gasteiger partial charge in [0.05, 0.1) is 0 Å². The number of hydrogen-bond acceptors (Lipinski definition) is 3. The van der Waals surface area contributed by atoms with Crippen LogP contribution < -0.4 is 5.32 Å². The minimum Gasteiger partial charge on any atom is -0.481 e. The van der Waals surface area contributed by atoms with Crippen molar-refractivity contribution in [3.8, 4) is 0 Å². The fraction of sp³-hybridized carbons (Fsp3) is 0.909. The summed E-state index contributed by atoms with van der Waals surface area (Å²) in [6, 6.07) is 0. The molecule has 0 aliphatic carbocycles. The van der Waals surface area contributed by atoms with E-state index in [1.165, 1.54) is 77.0 Å². The molecule has 0 bridgehead atoms. The van der Waals surface area contributed by atoms with Crippen LogP contribution in [0.25, 0.3) is 0 Å².